The average Bonchev–Trinajstić information content (AvgIpc) is 3.25. The second kappa shape index (κ2) is 6.02. The second-order valence-electron chi connectivity index (χ2n) is 5.29. The number of ether oxygens (including phenoxy) is 1. The molecule has 0 spiro atoms. The van der Waals surface area contributed by atoms with Crippen LogP contribution < -0.4 is 10.1 Å². The van der Waals surface area contributed by atoms with Gasteiger partial charge in [-0.25, -0.2) is 4.63 Å². The van der Waals surface area contributed by atoms with Gasteiger partial charge in [-0.05, 0) is 46.2 Å². The van der Waals surface area contributed by atoms with Crippen molar-refractivity contribution in [3.05, 3.63) is 53.7 Å². The van der Waals surface area contributed by atoms with Crippen molar-refractivity contribution in [3.8, 4) is 11.8 Å². The standard InChI is InChI=1S/C17H13N5O2/c18-7-11-4-5-14-13(6-11)12(9-20-14)8-19-10-23-16-3-1-2-15-17(16)22-24-21-15/h1-6,9,19-20H,8,10H2. The number of benzene rings is 2. The summed E-state index contributed by atoms with van der Waals surface area (Å²) in [5.74, 6) is 0.618. The zero-order valence-electron chi connectivity index (χ0n) is 12.6. The molecule has 7 heteroatoms. The van der Waals surface area contributed by atoms with Crippen molar-refractivity contribution in [1.82, 2.24) is 20.6 Å². The molecule has 2 heterocycles. The number of nitrogens with zero attached hydrogens (tertiary/aromatic N) is 3. The van der Waals surface area contributed by atoms with Crippen LogP contribution in [-0.4, -0.2) is 22.0 Å². The van der Waals surface area contributed by atoms with Crippen molar-refractivity contribution in [2.45, 2.75) is 6.54 Å². The zero-order valence-corrected chi connectivity index (χ0v) is 12.6. The Labute approximate surface area is 136 Å². The van der Waals surface area contributed by atoms with Crippen LogP contribution in [0.25, 0.3) is 21.9 Å². The lowest BCUT2D eigenvalue weighted by atomic mass is 10.1. The van der Waals surface area contributed by atoms with Crippen LogP contribution in [0.3, 0.4) is 0 Å². The van der Waals surface area contributed by atoms with Crippen molar-refractivity contribution in [3.63, 3.8) is 0 Å². The van der Waals surface area contributed by atoms with Crippen LogP contribution in [0.4, 0.5) is 0 Å². The smallest absolute Gasteiger partial charge is 0.177 e. The highest BCUT2D eigenvalue weighted by Crippen LogP contribution is 2.22. The van der Waals surface area contributed by atoms with Crippen LogP contribution in [-0.2, 0) is 6.54 Å². The first-order chi connectivity index (χ1) is 11.8. The number of hydrogen-bond donors (Lipinski definition) is 2. The fraction of sp³-hybridized carbons (Fsp3) is 0.118. The third kappa shape index (κ3) is 2.55. The molecule has 0 bridgehead atoms. The maximum Gasteiger partial charge on any atom is 0.177 e. The van der Waals surface area contributed by atoms with E-state index in [0.29, 0.717) is 35.6 Å². The predicted molar refractivity (Wildman–Crippen MR) is 87.2 cm³/mol. The van der Waals surface area contributed by atoms with Gasteiger partial charge in [-0.15, -0.1) is 0 Å². The molecule has 0 radical (unpaired) electrons. The molecule has 4 aromatic rings. The van der Waals surface area contributed by atoms with Crippen LogP contribution in [0.15, 0.2) is 47.2 Å². The Morgan fingerprint density at radius 3 is 3.12 bits per heavy atom. The van der Waals surface area contributed by atoms with Crippen LogP contribution in [0.1, 0.15) is 11.1 Å². The van der Waals surface area contributed by atoms with Gasteiger partial charge in [-0.2, -0.15) is 5.26 Å². The number of hydrogen-bond acceptors (Lipinski definition) is 6. The Morgan fingerprint density at radius 1 is 1.25 bits per heavy atom. The van der Waals surface area contributed by atoms with E-state index in [0.717, 1.165) is 16.5 Å². The molecule has 2 aromatic carbocycles. The van der Waals surface area contributed by atoms with Crippen molar-refractivity contribution < 1.29 is 9.37 Å². The minimum atomic E-state index is 0.316. The van der Waals surface area contributed by atoms with Gasteiger partial charge in [0.1, 0.15) is 12.2 Å². The maximum atomic E-state index is 9.02. The number of fused-ring (bicyclic) bond motifs is 2. The highest BCUT2D eigenvalue weighted by molar-refractivity contribution is 5.84. The summed E-state index contributed by atoms with van der Waals surface area (Å²) < 4.78 is 10.4. The fourth-order valence-electron chi connectivity index (χ4n) is 2.61. The summed E-state index contributed by atoms with van der Waals surface area (Å²) in [6, 6.07) is 13.2. The molecule has 0 atom stereocenters. The number of aromatic nitrogens is 3. The molecule has 0 aliphatic heterocycles. The van der Waals surface area contributed by atoms with Gasteiger partial charge in [0.25, 0.3) is 0 Å². The molecule has 2 N–H and O–H groups in total. The molecule has 0 unspecified atom stereocenters. The highest BCUT2D eigenvalue weighted by atomic mass is 16.6. The maximum absolute atomic E-state index is 9.02. The van der Waals surface area contributed by atoms with Crippen molar-refractivity contribution in [2.24, 2.45) is 0 Å². The lowest BCUT2D eigenvalue weighted by Crippen LogP contribution is -2.19. The van der Waals surface area contributed by atoms with E-state index in [1.165, 1.54) is 0 Å². The Hall–Kier alpha value is -3.37. The third-order valence-corrected chi connectivity index (χ3v) is 3.79. The summed E-state index contributed by atoms with van der Waals surface area (Å²) in [6.45, 7) is 0.929. The summed E-state index contributed by atoms with van der Waals surface area (Å²) in [5, 5.41) is 20.9. The molecule has 4 rings (SSSR count). The molecule has 2 aromatic heterocycles. The monoisotopic (exact) mass is 319 g/mol. The molecule has 0 amide bonds. The van der Waals surface area contributed by atoms with E-state index >= 15 is 0 Å². The van der Waals surface area contributed by atoms with E-state index in [2.05, 4.69) is 26.7 Å². The van der Waals surface area contributed by atoms with Crippen LogP contribution in [0.2, 0.25) is 0 Å². The topological polar surface area (TPSA) is 99.8 Å². The summed E-state index contributed by atoms with van der Waals surface area (Å²) >= 11 is 0. The molecule has 118 valence electrons. The third-order valence-electron chi connectivity index (χ3n) is 3.79. The lowest BCUT2D eigenvalue weighted by Gasteiger charge is -2.07. The van der Waals surface area contributed by atoms with Crippen molar-refractivity contribution in [1.29, 1.82) is 5.26 Å². The summed E-state index contributed by atoms with van der Waals surface area (Å²) in [7, 11) is 0. The number of nitriles is 1. The van der Waals surface area contributed by atoms with Crippen LogP contribution in [0.5, 0.6) is 5.75 Å². The molecule has 0 saturated carbocycles. The van der Waals surface area contributed by atoms with E-state index in [1.807, 2.05) is 36.5 Å². The molecule has 0 aliphatic rings. The first-order valence-electron chi connectivity index (χ1n) is 7.40. The van der Waals surface area contributed by atoms with E-state index in [9.17, 15) is 0 Å². The highest BCUT2D eigenvalue weighted by Gasteiger charge is 2.08. The molecule has 0 fully saturated rings. The van der Waals surface area contributed by atoms with Crippen molar-refractivity contribution in [2.75, 3.05) is 6.73 Å². The van der Waals surface area contributed by atoms with Crippen LogP contribution in [0, 0.1) is 11.3 Å². The molecule has 7 nitrogen and oxygen atoms in total. The number of aromatic amines is 1. The first kappa shape index (κ1) is 14.2. The Balaban J connectivity index is 1.43. The Bertz CT molecular complexity index is 1040. The van der Waals surface area contributed by atoms with Gasteiger partial charge in [0, 0.05) is 23.6 Å². The SMILES string of the molecule is N#Cc1ccc2[nH]cc(CNCOc3cccc4nonc34)c2c1. The molecule has 24 heavy (non-hydrogen) atoms. The van der Waals surface area contributed by atoms with Gasteiger partial charge in [0.2, 0.25) is 0 Å². The predicted octanol–water partition coefficient (Wildman–Crippen LogP) is 2.70. The summed E-state index contributed by atoms with van der Waals surface area (Å²) in [5.41, 5.74) is 3.99. The molecule has 0 aliphatic carbocycles. The van der Waals surface area contributed by atoms with E-state index < -0.39 is 0 Å². The fourth-order valence-corrected chi connectivity index (χ4v) is 2.61. The Kier molecular flexibility index (Phi) is 3.57. The van der Waals surface area contributed by atoms with Gasteiger partial charge in [0.05, 0.1) is 11.6 Å². The zero-order chi connectivity index (χ0) is 16.4. The number of H-pyrrole nitrogens is 1. The van der Waals surface area contributed by atoms with E-state index in [-0.39, 0.29) is 0 Å². The minimum absolute atomic E-state index is 0.316. The number of nitrogens with one attached hydrogen (secondary N) is 2. The molecular formula is C17H13N5O2. The minimum Gasteiger partial charge on any atom is -0.476 e. The first-order valence-corrected chi connectivity index (χ1v) is 7.40. The lowest BCUT2D eigenvalue weighted by molar-refractivity contribution is 0.281. The Morgan fingerprint density at radius 2 is 2.21 bits per heavy atom. The van der Waals surface area contributed by atoms with Crippen LogP contribution >= 0.6 is 0 Å². The van der Waals surface area contributed by atoms with Gasteiger partial charge in [0.15, 0.2) is 11.3 Å². The average molecular weight is 319 g/mol. The van der Waals surface area contributed by atoms with E-state index in [1.54, 1.807) is 6.07 Å². The molecular weight excluding hydrogens is 306 g/mol. The largest absolute Gasteiger partial charge is 0.476 e. The van der Waals surface area contributed by atoms with E-state index in [4.69, 9.17) is 14.6 Å². The second-order valence-corrected chi connectivity index (χ2v) is 5.29. The van der Waals surface area contributed by atoms with Crippen molar-refractivity contribution >= 4 is 21.9 Å². The molecule has 0 saturated heterocycles. The summed E-state index contributed by atoms with van der Waals surface area (Å²) in [6.07, 6.45) is 1.93. The van der Waals surface area contributed by atoms with Gasteiger partial charge in [-0.3, -0.25) is 5.32 Å². The van der Waals surface area contributed by atoms with Gasteiger partial charge >= 0.3 is 0 Å². The normalized spacial score (nSPS) is 11.0. The quantitative estimate of drug-likeness (QED) is 0.433. The number of rotatable bonds is 5. The summed E-state index contributed by atoms with van der Waals surface area (Å²) in [4.78, 5) is 3.20. The van der Waals surface area contributed by atoms with Gasteiger partial charge < -0.3 is 9.72 Å². The van der Waals surface area contributed by atoms with Gasteiger partial charge in [-0.1, -0.05) is 6.07 Å².